The van der Waals surface area contributed by atoms with E-state index in [9.17, 15) is 9.18 Å². The highest BCUT2D eigenvalue weighted by atomic mass is 19.1. The lowest BCUT2D eigenvalue weighted by Crippen LogP contribution is -2.32. The summed E-state index contributed by atoms with van der Waals surface area (Å²) in [6.07, 6.45) is 4.33. The van der Waals surface area contributed by atoms with Gasteiger partial charge in [-0.15, -0.1) is 0 Å². The van der Waals surface area contributed by atoms with Crippen LogP contribution in [0.5, 0.6) is 5.75 Å². The monoisotopic (exact) mass is 395 g/mol. The van der Waals surface area contributed by atoms with Crippen LogP contribution in [0.2, 0.25) is 0 Å². The Morgan fingerprint density at radius 2 is 2.10 bits per heavy atom. The average Bonchev–Trinajstić information content (AvgIpc) is 3.39. The smallest absolute Gasteiger partial charge is 0.326 e. The highest BCUT2D eigenvalue weighted by Crippen LogP contribution is 2.27. The molecule has 1 N–H and O–H groups in total. The van der Waals surface area contributed by atoms with Gasteiger partial charge in [-0.25, -0.2) is 14.2 Å². The number of nitrogens with one attached hydrogen (secondary N) is 1. The number of halogens is 1. The van der Waals surface area contributed by atoms with E-state index in [1.54, 1.807) is 28.1 Å². The van der Waals surface area contributed by atoms with Gasteiger partial charge in [0.05, 0.1) is 19.0 Å². The molecule has 3 aromatic rings. The number of H-pyrrole nitrogens is 1. The number of ether oxygens (including phenoxy) is 1. The first kappa shape index (κ1) is 18.9. The Hall–Kier alpha value is -3.42. The second kappa shape index (κ2) is 7.90. The van der Waals surface area contributed by atoms with Crippen LogP contribution in [-0.2, 0) is 13.0 Å². The summed E-state index contributed by atoms with van der Waals surface area (Å²) in [7, 11) is 1.43. The number of rotatable bonds is 6. The van der Waals surface area contributed by atoms with Gasteiger partial charge >= 0.3 is 6.03 Å². The van der Waals surface area contributed by atoms with Crippen molar-refractivity contribution in [1.29, 1.82) is 0 Å². The van der Waals surface area contributed by atoms with Crippen LogP contribution in [-0.4, -0.2) is 46.3 Å². The van der Waals surface area contributed by atoms with Gasteiger partial charge in [-0.2, -0.15) is 5.10 Å². The van der Waals surface area contributed by atoms with Gasteiger partial charge in [0.15, 0.2) is 11.6 Å². The molecule has 1 aromatic carbocycles. The molecule has 3 heterocycles. The predicted octanol–water partition coefficient (Wildman–Crippen LogP) is 3.62. The van der Waals surface area contributed by atoms with E-state index in [0.29, 0.717) is 25.5 Å². The van der Waals surface area contributed by atoms with Crippen LogP contribution in [0, 0.1) is 5.82 Å². The minimum absolute atomic E-state index is 0.112. The molecule has 29 heavy (non-hydrogen) atoms. The minimum Gasteiger partial charge on any atom is -0.494 e. The van der Waals surface area contributed by atoms with Gasteiger partial charge in [0.2, 0.25) is 0 Å². The van der Waals surface area contributed by atoms with E-state index in [4.69, 9.17) is 9.72 Å². The minimum atomic E-state index is -0.417. The van der Waals surface area contributed by atoms with Crippen LogP contribution in [0.3, 0.4) is 0 Å². The fourth-order valence-corrected chi connectivity index (χ4v) is 3.54. The van der Waals surface area contributed by atoms with Gasteiger partial charge in [0.25, 0.3) is 0 Å². The van der Waals surface area contributed by atoms with E-state index >= 15 is 0 Å². The van der Waals surface area contributed by atoms with Crippen molar-refractivity contribution >= 4 is 11.8 Å². The predicted molar refractivity (Wildman–Crippen MR) is 107 cm³/mol. The summed E-state index contributed by atoms with van der Waals surface area (Å²) in [4.78, 5) is 21.1. The largest absolute Gasteiger partial charge is 0.494 e. The van der Waals surface area contributed by atoms with E-state index in [1.165, 1.54) is 13.2 Å². The Kier molecular flexibility index (Phi) is 5.16. The zero-order valence-corrected chi connectivity index (χ0v) is 16.4. The normalized spacial score (nSPS) is 14.0. The van der Waals surface area contributed by atoms with Gasteiger partial charge in [0.1, 0.15) is 5.82 Å². The van der Waals surface area contributed by atoms with Crippen LogP contribution < -0.4 is 9.64 Å². The van der Waals surface area contributed by atoms with Crippen molar-refractivity contribution in [2.24, 2.45) is 0 Å². The molecule has 0 spiro atoms. The Labute approximate surface area is 168 Å². The third-order valence-electron chi connectivity index (χ3n) is 5.06. The van der Waals surface area contributed by atoms with E-state index in [2.05, 4.69) is 10.2 Å². The van der Waals surface area contributed by atoms with Crippen molar-refractivity contribution in [3.63, 3.8) is 0 Å². The average molecular weight is 395 g/mol. The number of aromatic amines is 1. The maximum Gasteiger partial charge on any atom is 0.326 e. The van der Waals surface area contributed by atoms with E-state index in [0.717, 1.165) is 28.8 Å². The summed E-state index contributed by atoms with van der Waals surface area (Å²) in [6.45, 7) is 3.55. The lowest BCUT2D eigenvalue weighted by atomic mass is 10.1. The SMILES string of the molecule is CCc1nc(N2CCN(Cc3ccc(F)c(OC)c3)C2=O)ccc1-c1cn[nH]c1. The molecule has 7 nitrogen and oxygen atoms in total. The summed E-state index contributed by atoms with van der Waals surface area (Å²) in [5.41, 5.74) is 3.71. The second-order valence-corrected chi connectivity index (χ2v) is 6.83. The van der Waals surface area contributed by atoms with Crippen LogP contribution in [0.1, 0.15) is 18.2 Å². The molecule has 2 aromatic heterocycles. The molecule has 1 aliphatic heterocycles. The molecule has 4 rings (SSSR count). The summed E-state index contributed by atoms with van der Waals surface area (Å²) >= 11 is 0. The molecule has 1 fully saturated rings. The molecule has 8 heteroatoms. The first-order valence-electron chi connectivity index (χ1n) is 9.48. The number of anilines is 1. The Morgan fingerprint density at radius 1 is 1.24 bits per heavy atom. The van der Waals surface area contributed by atoms with E-state index in [1.807, 2.05) is 25.3 Å². The molecule has 1 saturated heterocycles. The standard InChI is InChI=1S/C21H22FN5O2/c1-3-18-16(15-11-23-24-12-15)5-7-20(25-18)27-9-8-26(21(27)28)13-14-4-6-17(22)19(10-14)29-2/h4-7,10-12H,3,8-9,13H2,1-2H3,(H,23,24). The zero-order valence-electron chi connectivity index (χ0n) is 16.4. The van der Waals surface area contributed by atoms with Crippen molar-refractivity contribution in [2.45, 2.75) is 19.9 Å². The topological polar surface area (TPSA) is 74.3 Å². The number of pyridine rings is 1. The van der Waals surface area contributed by atoms with E-state index < -0.39 is 5.82 Å². The molecule has 0 unspecified atom stereocenters. The number of aromatic nitrogens is 3. The Bertz CT molecular complexity index is 1020. The molecular weight excluding hydrogens is 373 g/mol. The van der Waals surface area contributed by atoms with Crippen LogP contribution in [0.25, 0.3) is 11.1 Å². The van der Waals surface area contributed by atoms with Crippen molar-refractivity contribution in [3.05, 3.63) is 59.8 Å². The lowest BCUT2D eigenvalue weighted by molar-refractivity contribution is 0.218. The zero-order chi connectivity index (χ0) is 20.4. The first-order chi connectivity index (χ1) is 14.1. The molecule has 0 atom stereocenters. The highest BCUT2D eigenvalue weighted by Gasteiger charge is 2.31. The van der Waals surface area contributed by atoms with Gasteiger partial charge in [0, 0.05) is 37.0 Å². The molecule has 0 aliphatic carbocycles. The van der Waals surface area contributed by atoms with Gasteiger partial charge in [-0.1, -0.05) is 13.0 Å². The molecule has 1 aliphatic rings. The van der Waals surface area contributed by atoms with Crippen LogP contribution in [0.15, 0.2) is 42.7 Å². The highest BCUT2D eigenvalue weighted by molar-refractivity contribution is 5.93. The summed E-state index contributed by atoms with van der Waals surface area (Å²) < 4.78 is 18.7. The number of amides is 2. The fraction of sp³-hybridized carbons (Fsp3) is 0.286. The molecule has 2 amide bonds. The van der Waals surface area contributed by atoms with Gasteiger partial charge < -0.3 is 9.64 Å². The third kappa shape index (κ3) is 3.65. The number of methoxy groups -OCH3 is 1. The molecular formula is C21H22FN5O2. The number of carbonyl (C=O) groups is 1. The van der Waals surface area contributed by atoms with Crippen molar-refractivity contribution < 1.29 is 13.9 Å². The number of nitrogens with zero attached hydrogens (tertiary/aromatic N) is 4. The number of hydrogen-bond acceptors (Lipinski definition) is 4. The lowest BCUT2D eigenvalue weighted by Gasteiger charge is -2.19. The molecule has 0 bridgehead atoms. The number of hydrogen-bond donors (Lipinski definition) is 1. The number of aryl methyl sites for hydroxylation is 1. The molecule has 0 saturated carbocycles. The quantitative estimate of drug-likeness (QED) is 0.692. The van der Waals surface area contributed by atoms with Crippen molar-refractivity contribution in [3.8, 4) is 16.9 Å². The van der Waals surface area contributed by atoms with Gasteiger partial charge in [-0.05, 0) is 36.2 Å². The van der Waals surface area contributed by atoms with Crippen molar-refractivity contribution in [2.75, 3.05) is 25.1 Å². The van der Waals surface area contributed by atoms with Crippen LogP contribution >= 0.6 is 0 Å². The Morgan fingerprint density at radius 3 is 2.83 bits per heavy atom. The first-order valence-corrected chi connectivity index (χ1v) is 9.48. The molecule has 150 valence electrons. The second-order valence-electron chi connectivity index (χ2n) is 6.83. The Balaban J connectivity index is 1.53. The number of urea groups is 1. The van der Waals surface area contributed by atoms with E-state index in [-0.39, 0.29) is 11.8 Å². The maximum absolute atomic E-state index is 13.6. The van der Waals surface area contributed by atoms with Crippen LogP contribution in [0.4, 0.5) is 15.0 Å². The molecule has 0 radical (unpaired) electrons. The summed E-state index contributed by atoms with van der Waals surface area (Å²) in [5.74, 6) is 0.396. The van der Waals surface area contributed by atoms with Crippen molar-refractivity contribution in [1.82, 2.24) is 20.1 Å². The number of carbonyl (C=O) groups excluding carboxylic acids is 1. The number of benzene rings is 1. The van der Waals surface area contributed by atoms with Gasteiger partial charge in [-0.3, -0.25) is 10.00 Å². The third-order valence-corrected chi connectivity index (χ3v) is 5.06. The fourth-order valence-electron chi connectivity index (χ4n) is 3.54. The summed E-state index contributed by atoms with van der Waals surface area (Å²) in [5, 5.41) is 6.81. The maximum atomic E-state index is 13.6. The summed E-state index contributed by atoms with van der Waals surface area (Å²) in [6, 6.07) is 8.38.